The van der Waals surface area contributed by atoms with Crippen LogP contribution in [0.15, 0.2) is 97.1 Å². The van der Waals surface area contributed by atoms with Crippen LogP contribution >= 0.6 is 0 Å². The summed E-state index contributed by atoms with van der Waals surface area (Å²) < 4.78 is 0. The van der Waals surface area contributed by atoms with Crippen molar-refractivity contribution in [2.24, 2.45) is 10.8 Å². The summed E-state index contributed by atoms with van der Waals surface area (Å²) in [6.45, 7) is 15.6. The Morgan fingerprint density at radius 1 is 0.635 bits per heavy atom. The zero-order valence-electron chi connectivity index (χ0n) is 31.4. The lowest BCUT2D eigenvalue weighted by molar-refractivity contribution is 0.0593. The van der Waals surface area contributed by atoms with E-state index >= 15 is 0 Å². The van der Waals surface area contributed by atoms with Gasteiger partial charge in [0.2, 0.25) is 0 Å². The number of benzene rings is 4. The second-order valence-corrected chi connectivity index (χ2v) is 16.2. The lowest BCUT2D eigenvalue weighted by Crippen LogP contribution is -2.50. The van der Waals surface area contributed by atoms with E-state index in [2.05, 4.69) is 95.5 Å². The summed E-state index contributed by atoms with van der Waals surface area (Å²) in [6.07, 6.45) is 2.52. The molecule has 6 heteroatoms. The molecule has 1 aliphatic carbocycles. The molecule has 0 saturated heterocycles. The van der Waals surface area contributed by atoms with E-state index in [1.807, 2.05) is 60.7 Å². The Labute approximate surface area is 307 Å². The lowest BCUT2D eigenvalue weighted by Gasteiger charge is -2.47. The number of aromatic nitrogens is 2. The van der Waals surface area contributed by atoms with Crippen molar-refractivity contribution in [3.8, 4) is 22.5 Å². The molecule has 52 heavy (non-hydrogen) atoms. The fraction of sp³-hybridized carbons (Fsp3) is 0.304. The lowest BCUT2D eigenvalue weighted by atomic mass is 9.62. The fourth-order valence-electron chi connectivity index (χ4n) is 8.35. The predicted octanol–water partition coefficient (Wildman–Crippen LogP) is 10.1. The van der Waals surface area contributed by atoms with Gasteiger partial charge in [0.25, 0.3) is 11.8 Å². The van der Waals surface area contributed by atoms with E-state index < -0.39 is 0 Å². The third-order valence-electron chi connectivity index (χ3n) is 11.0. The zero-order valence-corrected chi connectivity index (χ0v) is 31.4. The van der Waals surface area contributed by atoms with Gasteiger partial charge in [0.15, 0.2) is 0 Å². The predicted molar refractivity (Wildman–Crippen MR) is 213 cm³/mol. The number of aryl methyl sites for hydroxylation is 4. The summed E-state index contributed by atoms with van der Waals surface area (Å²) in [5, 5.41) is 8.41. The topological polar surface area (TPSA) is 84.0 Å². The van der Waals surface area contributed by atoms with Crippen molar-refractivity contribution < 1.29 is 9.59 Å². The van der Waals surface area contributed by atoms with Crippen LogP contribution in [-0.2, 0) is 0 Å². The summed E-state index contributed by atoms with van der Waals surface area (Å²) in [7, 11) is 0. The van der Waals surface area contributed by atoms with E-state index in [1.165, 1.54) is 22.3 Å². The first-order chi connectivity index (χ1) is 24.8. The first-order valence-electron chi connectivity index (χ1n) is 18.3. The molecule has 1 fully saturated rings. The van der Waals surface area contributed by atoms with Crippen LogP contribution in [0.2, 0.25) is 0 Å². The molecule has 2 N–H and O–H groups in total. The molecule has 7 rings (SSSR count). The number of pyridine rings is 2. The summed E-state index contributed by atoms with van der Waals surface area (Å²) in [6, 6.07) is 32.1. The normalized spacial score (nSPS) is 18.3. The average molecular weight is 689 g/mol. The molecule has 0 spiro atoms. The number of hydrogen-bond acceptors (Lipinski definition) is 4. The Morgan fingerprint density at radius 2 is 1.13 bits per heavy atom. The van der Waals surface area contributed by atoms with Crippen molar-refractivity contribution in [1.29, 1.82) is 0 Å². The van der Waals surface area contributed by atoms with Crippen LogP contribution < -0.4 is 10.6 Å². The third-order valence-corrected chi connectivity index (χ3v) is 11.0. The minimum atomic E-state index is -0.236. The minimum absolute atomic E-state index is 0.0413. The first kappa shape index (κ1) is 35.1. The monoisotopic (exact) mass is 688 g/mol. The molecule has 2 atom stereocenters. The quantitative estimate of drug-likeness (QED) is 0.175. The van der Waals surface area contributed by atoms with Gasteiger partial charge in [-0.1, -0.05) is 81.4 Å². The molecule has 1 saturated carbocycles. The smallest absolute Gasteiger partial charge is 0.252 e. The van der Waals surface area contributed by atoms with E-state index in [0.29, 0.717) is 17.7 Å². The Morgan fingerprint density at radius 3 is 1.65 bits per heavy atom. The highest BCUT2D eigenvalue weighted by Crippen LogP contribution is 2.46. The van der Waals surface area contributed by atoms with Crippen LogP contribution in [0.5, 0.6) is 0 Å². The highest BCUT2D eigenvalue weighted by molar-refractivity contribution is 6.08. The summed E-state index contributed by atoms with van der Waals surface area (Å²) in [5.74, 6) is -0.212. The van der Waals surface area contributed by atoms with Crippen LogP contribution in [0.1, 0.15) is 83.0 Å². The molecule has 2 amide bonds. The van der Waals surface area contributed by atoms with Crippen LogP contribution in [0, 0.1) is 38.5 Å². The van der Waals surface area contributed by atoms with Gasteiger partial charge in [0.05, 0.1) is 33.5 Å². The molecule has 0 unspecified atom stereocenters. The van der Waals surface area contributed by atoms with E-state index in [9.17, 15) is 9.59 Å². The van der Waals surface area contributed by atoms with E-state index in [-0.39, 0.29) is 28.7 Å². The summed E-state index contributed by atoms with van der Waals surface area (Å²) in [5.41, 5.74) is 10.9. The summed E-state index contributed by atoms with van der Waals surface area (Å²) >= 11 is 0. The van der Waals surface area contributed by atoms with Gasteiger partial charge < -0.3 is 10.6 Å². The number of hydrogen-bond donors (Lipinski definition) is 2. The van der Waals surface area contributed by atoms with Crippen LogP contribution in [0.4, 0.5) is 0 Å². The maximum atomic E-state index is 14.2. The van der Waals surface area contributed by atoms with Gasteiger partial charge in [-0.3, -0.25) is 9.59 Å². The Kier molecular flexibility index (Phi) is 9.20. The van der Waals surface area contributed by atoms with Gasteiger partial charge in [-0.15, -0.1) is 0 Å². The number of amides is 2. The van der Waals surface area contributed by atoms with Crippen LogP contribution in [0.25, 0.3) is 44.3 Å². The standard InChI is InChI=1S/C46H48N4O2/c1-28-16-18-32(20-30(28)3)41-22-37(35-12-8-10-14-39(35)49-41)43(51)47-27-46(7)25-34(24-45(5,6)26-46)48-44(52)38-23-42(33-19-17-29(2)31(4)21-33)50-40-15-11-9-13-36(38)40/h8-23,34H,24-27H2,1-7H3,(H,47,51)(H,48,52)/t34-,46+/m0/s1. The van der Waals surface area contributed by atoms with Gasteiger partial charge in [0, 0.05) is 34.5 Å². The van der Waals surface area contributed by atoms with Crippen molar-refractivity contribution >= 4 is 33.6 Å². The Balaban J connectivity index is 1.13. The number of nitrogens with zero attached hydrogens (tertiary/aromatic N) is 2. The van der Waals surface area contributed by atoms with Gasteiger partial charge >= 0.3 is 0 Å². The van der Waals surface area contributed by atoms with Gasteiger partial charge in [0.1, 0.15) is 0 Å². The molecule has 6 aromatic rings. The van der Waals surface area contributed by atoms with E-state index in [1.54, 1.807) is 0 Å². The second-order valence-electron chi connectivity index (χ2n) is 16.2. The van der Waals surface area contributed by atoms with Gasteiger partial charge in [-0.2, -0.15) is 0 Å². The molecule has 2 aromatic heterocycles. The molecule has 2 heterocycles. The van der Waals surface area contributed by atoms with Crippen molar-refractivity contribution in [3.05, 3.63) is 130 Å². The second kappa shape index (κ2) is 13.6. The maximum absolute atomic E-state index is 14.2. The van der Waals surface area contributed by atoms with Crippen LogP contribution in [0.3, 0.4) is 0 Å². The van der Waals surface area contributed by atoms with Gasteiger partial charge in [-0.25, -0.2) is 9.97 Å². The number of carbonyl (C=O) groups is 2. The molecule has 264 valence electrons. The molecule has 0 bridgehead atoms. The highest BCUT2D eigenvalue weighted by Gasteiger charge is 2.42. The summed E-state index contributed by atoms with van der Waals surface area (Å²) in [4.78, 5) is 38.1. The zero-order chi connectivity index (χ0) is 36.8. The van der Waals surface area contributed by atoms with E-state index in [0.717, 1.165) is 63.6 Å². The first-order valence-corrected chi connectivity index (χ1v) is 18.3. The number of fused-ring (bicyclic) bond motifs is 2. The van der Waals surface area contributed by atoms with Crippen molar-refractivity contribution in [2.45, 2.75) is 73.8 Å². The van der Waals surface area contributed by atoms with Crippen molar-refractivity contribution in [1.82, 2.24) is 20.6 Å². The molecular weight excluding hydrogens is 641 g/mol. The third kappa shape index (κ3) is 7.20. The molecule has 0 aliphatic heterocycles. The van der Waals surface area contributed by atoms with Crippen LogP contribution in [-0.4, -0.2) is 34.4 Å². The van der Waals surface area contributed by atoms with E-state index in [4.69, 9.17) is 9.97 Å². The number of nitrogens with one attached hydrogen (secondary N) is 2. The van der Waals surface area contributed by atoms with Gasteiger partial charge in [-0.05, 0) is 116 Å². The maximum Gasteiger partial charge on any atom is 0.252 e. The molecular formula is C46H48N4O2. The largest absolute Gasteiger partial charge is 0.351 e. The molecule has 4 aromatic carbocycles. The number of rotatable bonds is 7. The molecule has 0 radical (unpaired) electrons. The molecule has 6 nitrogen and oxygen atoms in total. The average Bonchev–Trinajstić information content (AvgIpc) is 3.11. The minimum Gasteiger partial charge on any atom is -0.351 e. The number of para-hydroxylation sites is 2. The van der Waals surface area contributed by atoms with Crippen molar-refractivity contribution in [3.63, 3.8) is 0 Å². The number of carbonyl (C=O) groups excluding carboxylic acids is 2. The molecule has 1 aliphatic rings. The van der Waals surface area contributed by atoms with Crippen molar-refractivity contribution in [2.75, 3.05) is 6.54 Å². The Hall–Kier alpha value is -5.36. The SMILES string of the molecule is Cc1ccc(-c2cc(C(=O)NC[C@]3(C)C[C@@H](NC(=O)c4cc(-c5ccc(C)c(C)c5)nc5ccccc45)CC(C)(C)C3)c3ccccc3n2)cc1C. The fourth-order valence-corrected chi connectivity index (χ4v) is 8.35. The Bertz CT molecular complexity index is 2360. The highest BCUT2D eigenvalue weighted by atomic mass is 16.2.